The monoisotopic (exact) mass is 506 g/mol. The molecule has 1 aromatic heterocycles. The van der Waals surface area contributed by atoms with Gasteiger partial charge in [-0.25, -0.2) is 4.98 Å². The number of amides is 1. The Morgan fingerprint density at radius 2 is 1.72 bits per heavy atom. The Bertz CT molecular complexity index is 1360. The maximum atomic E-state index is 13.3. The van der Waals surface area contributed by atoms with E-state index in [0.717, 1.165) is 11.3 Å². The van der Waals surface area contributed by atoms with Crippen molar-refractivity contribution in [1.29, 1.82) is 0 Å². The van der Waals surface area contributed by atoms with E-state index in [0.29, 0.717) is 46.4 Å². The van der Waals surface area contributed by atoms with Gasteiger partial charge in [0.1, 0.15) is 17.3 Å². The Balaban J connectivity index is 1.91. The second kappa shape index (κ2) is 10.3. The van der Waals surface area contributed by atoms with E-state index in [1.54, 1.807) is 55.5 Å². The second-order valence-electron chi connectivity index (χ2n) is 8.10. The van der Waals surface area contributed by atoms with Gasteiger partial charge in [-0.3, -0.25) is 19.3 Å². The van der Waals surface area contributed by atoms with E-state index in [-0.39, 0.29) is 22.2 Å². The van der Waals surface area contributed by atoms with Crippen LogP contribution in [0.15, 0.2) is 54.1 Å². The first-order chi connectivity index (χ1) is 17.3. The van der Waals surface area contributed by atoms with Crippen LogP contribution in [0.4, 0.5) is 5.13 Å². The Hall–Kier alpha value is -3.98. The van der Waals surface area contributed by atoms with Crippen molar-refractivity contribution in [1.82, 2.24) is 4.98 Å². The van der Waals surface area contributed by atoms with Gasteiger partial charge >= 0.3 is 5.91 Å². The number of ether oxygens (including phenoxy) is 2. The van der Waals surface area contributed by atoms with Crippen LogP contribution in [0.25, 0.3) is 5.76 Å². The number of carbonyl (C=O) groups is 3. The number of aliphatic hydroxyl groups is 1. The van der Waals surface area contributed by atoms with Crippen molar-refractivity contribution in [3.05, 3.63) is 75.8 Å². The number of rotatable bonds is 8. The van der Waals surface area contributed by atoms with E-state index < -0.39 is 17.7 Å². The molecule has 1 saturated heterocycles. The normalized spacial score (nSPS) is 16.9. The zero-order valence-corrected chi connectivity index (χ0v) is 21.2. The fraction of sp³-hybridized carbons (Fsp3) is 0.259. The van der Waals surface area contributed by atoms with E-state index in [9.17, 15) is 19.5 Å². The molecular weight excluding hydrogens is 480 g/mol. The number of anilines is 1. The van der Waals surface area contributed by atoms with E-state index in [2.05, 4.69) is 4.98 Å². The number of thiazole rings is 1. The van der Waals surface area contributed by atoms with Crippen LogP contribution in [0, 0.1) is 6.92 Å². The summed E-state index contributed by atoms with van der Waals surface area (Å²) in [5, 5.41) is 11.5. The smallest absolute Gasteiger partial charge is 0.301 e. The van der Waals surface area contributed by atoms with Gasteiger partial charge < -0.3 is 14.6 Å². The lowest BCUT2D eigenvalue weighted by molar-refractivity contribution is -0.132. The summed E-state index contributed by atoms with van der Waals surface area (Å²) in [7, 11) is 0. The highest BCUT2D eigenvalue weighted by molar-refractivity contribution is 7.18. The molecule has 9 heteroatoms. The minimum Gasteiger partial charge on any atom is -0.507 e. The highest BCUT2D eigenvalue weighted by Gasteiger charge is 2.48. The van der Waals surface area contributed by atoms with Crippen LogP contribution < -0.4 is 14.4 Å². The Labute approximate surface area is 212 Å². The number of hydrogen-bond donors (Lipinski definition) is 1. The quantitative estimate of drug-likeness (QED) is 0.197. The summed E-state index contributed by atoms with van der Waals surface area (Å²) in [6, 6.07) is 12.7. The summed E-state index contributed by atoms with van der Waals surface area (Å²) >= 11 is 1.04. The SMILES string of the molecule is CCOc1ccc(C(O)=C2C(=O)C(=O)N(c3nc(C)c(C(C)=O)s3)C2c2cccc(OCC)c2)cc1. The number of hydrogen-bond acceptors (Lipinski definition) is 8. The van der Waals surface area contributed by atoms with Crippen LogP contribution >= 0.6 is 11.3 Å². The van der Waals surface area contributed by atoms with Crippen LogP contribution in [-0.2, 0) is 9.59 Å². The molecule has 8 nitrogen and oxygen atoms in total. The molecule has 1 aliphatic rings. The molecule has 0 aliphatic carbocycles. The number of aryl methyl sites for hydroxylation is 1. The molecule has 1 amide bonds. The minimum absolute atomic E-state index is 0.0740. The van der Waals surface area contributed by atoms with Crippen molar-refractivity contribution in [2.24, 2.45) is 0 Å². The molecule has 4 rings (SSSR count). The zero-order chi connectivity index (χ0) is 26.0. The molecule has 2 aromatic carbocycles. The molecule has 2 heterocycles. The maximum absolute atomic E-state index is 13.3. The van der Waals surface area contributed by atoms with Gasteiger partial charge in [0.25, 0.3) is 5.78 Å². The van der Waals surface area contributed by atoms with Gasteiger partial charge in [-0.15, -0.1) is 0 Å². The first kappa shape index (κ1) is 25.1. The first-order valence-electron chi connectivity index (χ1n) is 11.5. The minimum atomic E-state index is -0.970. The fourth-order valence-corrected chi connectivity index (χ4v) is 5.12. The average Bonchev–Trinajstić information content (AvgIpc) is 3.37. The Kier molecular flexibility index (Phi) is 7.21. The molecule has 3 aromatic rings. The topological polar surface area (TPSA) is 106 Å². The first-order valence-corrected chi connectivity index (χ1v) is 12.3. The standard InChI is InChI=1S/C27H26N2O6S/c1-5-34-19-12-10-17(11-13-19)23(31)21-22(18-8-7-9-20(14-18)35-6-2)29(26(33)24(21)32)27-28-15(3)25(36-27)16(4)30/h7-14,22,31H,5-6H2,1-4H3. The van der Waals surface area contributed by atoms with Crippen molar-refractivity contribution >= 4 is 39.7 Å². The molecule has 36 heavy (non-hydrogen) atoms. The molecule has 1 N–H and O–H groups in total. The molecule has 1 aliphatic heterocycles. The number of benzene rings is 2. The van der Waals surface area contributed by atoms with Crippen LogP contribution in [0.1, 0.15) is 53.3 Å². The number of carbonyl (C=O) groups excluding carboxylic acids is 3. The zero-order valence-electron chi connectivity index (χ0n) is 20.4. The van der Waals surface area contributed by atoms with Crippen LogP contribution in [0.5, 0.6) is 11.5 Å². The Morgan fingerprint density at radius 3 is 2.33 bits per heavy atom. The highest BCUT2D eigenvalue weighted by Crippen LogP contribution is 2.44. The Morgan fingerprint density at radius 1 is 1.06 bits per heavy atom. The molecule has 0 bridgehead atoms. The largest absolute Gasteiger partial charge is 0.507 e. The van der Waals surface area contributed by atoms with Gasteiger partial charge in [-0.1, -0.05) is 23.5 Å². The second-order valence-corrected chi connectivity index (χ2v) is 9.08. The van der Waals surface area contributed by atoms with Gasteiger partial charge in [-0.2, -0.15) is 0 Å². The lowest BCUT2D eigenvalue weighted by Gasteiger charge is -2.23. The van der Waals surface area contributed by atoms with Crippen molar-refractivity contribution in [2.45, 2.75) is 33.7 Å². The predicted octanol–water partition coefficient (Wildman–Crippen LogP) is 5.08. The number of nitrogens with zero attached hydrogens (tertiary/aromatic N) is 2. The number of aliphatic hydroxyl groups excluding tert-OH is 1. The third kappa shape index (κ3) is 4.61. The molecule has 1 unspecified atom stereocenters. The van der Waals surface area contributed by atoms with E-state index in [1.807, 2.05) is 13.8 Å². The summed E-state index contributed by atoms with van der Waals surface area (Å²) in [4.78, 5) is 44.8. The summed E-state index contributed by atoms with van der Waals surface area (Å²) in [6.45, 7) is 7.74. The lowest BCUT2D eigenvalue weighted by atomic mass is 9.95. The predicted molar refractivity (Wildman–Crippen MR) is 137 cm³/mol. The lowest BCUT2D eigenvalue weighted by Crippen LogP contribution is -2.29. The highest BCUT2D eigenvalue weighted by atomic mass is 32.1. The van der Waals surface area contributed by atoms with Crippen molar-refractivity contribution in [3.63, 3.8) is 0 Å². The van der Waals surface area contributed by atoms with Gasteiger partial charge in [0.15, 0.2) is 10.9 Å². The van der Waals surface area contributed by atoms with E-state index in [1.165, 1.54) is 11.8 Å². The van der Waals surface area contributed by atoms with Crippen LogP contribution in [-0.4, -0.2) is 40.8 Å². The molecule has 1 atom stereocenters. The third-order valence-corrected chi connectivity index (χ3v) is 6.94. The van der Waals surface area contributed by atoms with Gasteiger partial charge in [0, 0.05) is 12.5 Å². The van der Waals surface area contributed by atoms with Crippen molar-refractivity contribution in [3.8, 4) is 11.5 Å². The van der Waals surface area contributed by atoms with Crippen LogP contribution in [0.3, 0.4) is 0 Å². The fourth-order valence-electron chi connectivity index (χ4n) is 4.13. The summed E-state index contributed by atoms with van der Waals surface area (Å²) in [6.07, 6.45) is 0. The molecule has 0 saturated carbocycles. The van der Waals surface area contributed by atoms with E-state index >= 15 is 0 Å². The summed E-state index contributed by atoms with van der Waals surface area (Å²) in [5.74, 6) is -1.00. The number of Topliss-reactive ketones (excluding diaryl/α,β-unsaturated/α-hetero) is 2. The number of ketones is 2. The van der Waals surface area contributed by atoms with Crippen molar-refractivity contribution < 1.29 is 29.0 Å². The molecule has 186 valence electrons. The molecule has 1 fully saturated rings. The molecule has 0 radical (unpaired) electrons. The van der Waals surface area contributed by atoms with Gasteiger partial charge in [-0.05, 0) is 62.7 Å². The average molecular weight is 507 g/mol. The number of aromatic nitrogens is 1. The van der Waals surface area contributed by atoms with Gasteiger partial charge in [0.2, 0.25) is 0 Å². The maximum Gasteiger partial charge on any atom is 0.301 e. The van der Waals surface area contributed by atoms with Crippen LogP contribution in [0.2, 0.25) is 0 Å². The van der Waals surface area contributed by atoms with Gasteiger partial charge in [0.05, 0.1) is 35.4 Å². The summed E-state index contributed by atoms with van der Waals surface area (Å²) in [5.41, 5.74) is 1.32. The molecule has 0 spiro atoms. The third-order valence-electron chi connectivity index (χ3n) is 5.68. The molecular formula is C27H26N2O6S. The van der Waals surface area contributed by atoms with Crippen molar-refractivity contribution in [2.75, 3.05) is 18.1 Å². The summed E-state index contributed by atoms with van der Waals surface area (Å²) < 4.78 is 11.1. The van der Waals surface area contributed by atoms with E-state index in [4.69, 9.17) is 9.47 Å².